The fourth-order valence-corrected chi connectivity index (χ4v) is 2.69. The second kappa shape index (κ2) is 9.32. The lowest BCUT2D eigenvalue weighted by atomic mass is 10.1. The van der Waals surface area contributed by atoms with Gasteiger partial charge in [-0.2, -0.15) is 0 Å². The molecule has 0 radical (unpaired) electrons. The van der Waals surface area contributed by atoms with Gasteiger partial charge in [-0.25, -0.2) is 4.98 Å². The highest BCUT2D eigenvalue weighted by Gasteiger charge is 2.15. The van der Waals surface area contributed by atoms with E-state index in [1.165, 1.54) is 0 Å². The topological polar surface area (TPSA) is 69.9 Å². The minimum Gasteiger partial charge on any atom is -0.493 e. The van der Waals surface area contributed by atoms with E-state index in [1.807, 2.05) is 36.4 Å². The van der Waals surface area contributed by atoms with E-state index in [2.05, 4.69) is 4.98 Å². The highest BCUT2D eigenvalue weighted by molar-refractivity contribution is 6.07. The van der Waals surface area contributed by atoms with Gasteiger partial charge in [-0.1, -0.05) is 60.7 Å². The Hall–Kier alpha value is -3.93. The first-order valence-corrected chi connectivity index (χ1v) is 8.87. The molecular formula is C23H20N2O4. The molecule has 0 aliphatic rings. The molecule has 0 unspecified atom stereocenters. The molecule has 0 amide bonds. The third kappa shape index (κ3) is 4.68. The predicted octanol–water partition coefficient (Wildman–Crippen LogP) is 4.08. The Bertz CT molecular complexity index is 1060. The van der Waals surface area contributed by atoms with Gasteiger partial charge < -0.3 is 13.9 Å². The fraction of sp³-hybridized carbons (Fsp3) is 0.0870. The number of benzene rings is 2. The molecule has 0 bridgehead atoms. The van der Waals surface area contributed by atoms with Gasteiger partial charge in [-0.3, -0.25) is 9.59 Å². The van der Waals surface area contributed by atoms with E-state index in [1.54, 1.807) is 61.3 Å². The summed E-state index contributed by atoms with van der Waals surface area (Å²) < 4.78 is 12.2. The van der Waals surface area contributed by atoms with Crippen LogP contribution in [0.5, 0.6) is 11.5 Å². The molecule has 4 aromatic rings. The van der Waals surface area contributed by atoms with Gasteiger partial charge >= 0.3 is 0 Å². The number of fused-ring (bicyclic) bond motifs is 1. The van der Waals surface area contributed by atoms with Crippen LogP contribution < -0.4 is 9.47 Å². The molecule has 0 fully saturated rings. The fourth-order valence-electron chi connectivity index (χ4n) is 2.69. The van der Waals surface area contributed by atoms with E-state index in [9.17, 15) is 9.59 Å². The second-order valence-corrected chi connectivity index (χ2v) is 6.03. The van der Waals surface area contributed by atoms with Gasteiger partial charge in [0, 0.05) is 23.4 Å². The van der Waals surface area contributed by atoms with Crippen LogP contribution >= 0.6 is 0 Å². The molecule has 0 N–H and O–H groups in total. The van der Waals surface area contributed by atoms with Crippen molar-refractivity contribution in [3.8, 4) is 11.5 Å². The highest BCUT2D eigenvalue weighted by atomic mass is 16.5. The summed E-state index contributed by atoms with van der Waals surface area (Å²) in [5.74, 6) is 1.05. The Kier molecular flexibility index (Phi) is 6.37. The molecule has 6 nitrogen and oxygen atoms in total. The SMILES string of the molecule is COc1cc2nc(C(=O)c3ccccc3)cn2cc1OC.O=Cc1ccccc1. The van der Waals surface area contributed by atoms with Crippen LogP contribution in [0.3, 0.4) is 0 Å². The van der Waals surface area contributed by atoms with Crippen molar-refractivity contribution in [2.75, 3.05) is 14.2 Å². The Morgan fingerprint density at radius 2 is 1.52 bits per heavy atom. The van der Waals surface area contributed by atoms with E-state index in [0.29, 0.717) is 28.4 Å². The standard InChI is InChI=1S/C16H14N2O3.C7H6O/c1-20-13-8-15-17-12(9-18(15)10-14(13)21-2)16(19)11-6-4-3-5-7-11;8-6-7-4-2-1-3-5-7/h3-10H,1-2H3;1-6H. The van der Waals surface area contributed by atoms with Crippen LogP contribution in [0.25, 0.3) is 5.65 Å². The molecule has 6 heteroatoms. The van der Waals surface area contributed by atoms with Gasteiger partial charge in [0.05, 0.1) is 20.4 Å². The zero-order chi connectivity index (χ0) is 20.6. The van der Waals surface area contributed by atoms with Crippen molar-refractivity contribution >= 4 is 17.7 Å². The quantitative estimate of drug-likeness (QED) is 0.381. The number of carbonyl (C=O) groups excluding carboxylic acids is 2. The summed E-state index contributed by atoms with van der Waals surface area (Å²) in [6.45, 7) is 0. The largest absolute Gasteiger partial charge is 0.493 e. The predicted molar refractivity (Wildman–Crippen MR) is 110 cm³/mol. The Morgan fingerprint density at radius 3 is 2.07 bits per heavy atom. The number of ketones is 1. The summed E-state index contributed by atoms with van der Waals surface area (Å²) in [4.78, 5) is 26.7. The number of aromatic nitrogens is 2. The molecule has 2 aromatic heterocycles. The molecule has 0 saturated heterocycles. The van der Waals surface area contributed by atoms with Gasteiger partial charge in [-0.05, 0) is 0 Å². The number of methoxy groups -OCH3 is 2. The third-order valence-corrected chi connectivity index (χ3v) is 4.16. The highest BCUT2D eigenvalue weighted by Crippen LogP contribution is 2.28. The lowest BCUT2D eigenvalue weighted by molar-refractivity contribution is 0.103. The summed E-state index contributed by atoms with van der Waals surface area (Å²) in [5.41, 5.74) is 2.36. The summed E-state index contributed by atoms with van der Waals surface area (Å²) in [6, 6.07) is 19.9. The number of carbonyl (C=O) groups is 2. The van der Waals surface area contributed by atoms with Crippen LogP contribution in [-0.2, 0) is 0 Å². The van der Waals surface area contributed by atoms with Crippen LogP contribution in [-0.4, -0.2) is 35.7 Å². The van der Waals surface area contributed by atoms with Crippen molar-refractivity contribution < 1.29 is 19.1 Å². The maximum Gasteiger partial charge on any atom is 0.212 e. The van der Waals surface area contributed by atoms with Crippen molar-refractivity contribution in [3.05, 3.63) is 95.9 Å². The van der Waals surface area contributed by atoms with Gasteiger partial charge in [0.1, 0.15) is 17.6 Å². The van der Waals surface area contributed by atoms with Crippen LogP contribution in [0.2, 0.25) is 0 Å². The van der Waals surface area contributed by atoms with Gasteiger partial charge in [-0.15, -0.1) is 0 Å². The number of rotatable bonds is 5. The normalized spacial score (nSPS) is 10.0. The molecule has 0 aliphatic carbocycles. The minimum absolute atomic E-state index is 0.114. The van der Waals surface area contributed by atoms with Crippen molar-refractivity contribution in [3.63, 3.8) is 0 Å². The molecule has 2 heterocycles. The second-order valence-electron chi connectivity index (χ2n) is 6.03. The number of imidazole rings is 1. The molecule has 0 spiro atoms. The third-order valence-electron chi connectivity index (χ3n) is 4.16. The summed E-state index contributed by atoms with van der Waals surface area (Å²) in [5, 5.41) is 0. The van der Waals surface area contributed by atoms with Crippen molar-refractivity contribution in [1.82, 2.24) is 9.38 Å². The smallest absolute Gasteiger partial charge is 0.212 e. The summed E-state index contributed by atoms with van der Waals surface area (Å²) in [7, 11) is 3.13. The first-order valence-electron chi connectivity index (χ1n) is 8.87. The maximum atomic E-state index is 12.4. The number of pyridine rings is 1. The molecule has 0 atom stereocenters. The van der Waals surface area contributed by atoms with Crippen LogP contribution in [0.15, 0.2) is 79.1 Å². The van der Waals surface area contributed by atoms with Crippen LogP contribution in [0, 0.1) is 0 Å². The van der Waals surface area contributed by atoms with Crippen molar-refractivity contribution in [2.45, 2.75) is 0 Å². The first kappa shape index (κ1) is 19.8. The average molecular weight is 388 g/mol. The van der Waals surface area contributed by atoms with E-state index >= 15 is 0 Å². The monoisotopic (exact) mass is 388 g/mol. The van der Waals surface area contributed by atoms with Crippen molar-refractivity contribution in [1.29, 1.82) is 0 Å². The van der Waals surface area contributed by atoms with Gasteiger partial charge in [0.2, 0.25) is 5.78 Å². The Morgan fingerprint density at radius 1 is 0.897 bits per heavy atom. The van der Waals surface area contributed by atoms with E-state index in [4.69, 9.17) is 9.47 Å². The van der Waals surface area contributed by atoms with E-state index < -0.39 is 0 Å². The molecule has 0 aliphatic heterocycles. The minimum atomic E-state index is -0.114. The molecular weight excluding hydrogens is 368 g/mol. The lowest BCUT2D eigenvalue weighted by Gasteiger charge is -2.06. The average Bonchev–Trinajstić information content (AvgIpc) is 3.22. The maximum absolute atomic E-state index is 12.4. The molecule has 2 aromatic carbocycles. The molecule has 146 valence electrons. The number of hydrogen-bond acceptors (Lipinski definition) is 5. The van der Waals surface area contributed by atoms with E-state index in [0.717, 1.165) is 11.8 Å². The molecule has 29 heavy (non-hydrogen) atoms. The Labute approximate surface area is 168 Å². The number of aldehydes is 1. The van der Waals surface area contributed by atoms with Crippen LogP contribution in [0.4, 0.5) is 0 Å². The van der Waals surface area contributed by atoms with Gasteiger partial charge in [0.15, 0.2) is 11.5 Å². The van der Waals surface area contributed by atoms with Crippen molar-refractivity contribution in [2.24, 2.45) is 0 Å². The van der Waals surface area contributed by atoms with E-state index in [-0.39, 0.29) is 5.78 Å². The number of nitrogens with zero attached hydrogens (tertiary/aromatic N) is 2. The van der Waals surface area contributed by atoms with Gasteiger partial charge in [0.25, 0.3) is 0 Å². The zero-order valence-corrected chi connectivity index (χ0v) is 16.1. The zero-order valence-electron chi connectivity index (χ0n) is 16.1. The van der Waals surface area contributed by atoms with Crippen LogP contribution in [0.1, 0.15) is 26.4 Å². The summed E-state index contributed by atoms with van der Waals surface area (Å²) >= 11 is 0. The number of ether oxygens (including phenoxy) is 2. The summed E-state index contributed by atoms with van der Waals surface area (Å²) in [6.07, 6.45) is 4.26. The number of hydrogen-bond donors (Lipinski definition) is 0. The first-order chi connectivity index (χ1) is 14.2. The molecule has 0 saturated carbocycles. The Balaban J connectivity index is 0.000000252. The lowest BCUT2D eigenvalue weighted by Crippen LogP contribution is -2.00. The molecule has 4 rings (SSSR count).